The molecule has 4 heteroatoms. The molecule has 1 aliphatic heterocycles. The minimum atomic E-state index is 0.472. The van der Waals surface area contributed by atoms with Gasteiger partial charge in [-0.3, -0.25) is 0 Å². The van der Waals surface area contributed by atoms with Gasteiger partial charge in [-0.1, -0.05) is 23.7 Å². The van der Waals surface area contributed by atoms with Gasteiger partial charge in [-0.05, 0) is 31.2 Å². The van der Waals surface area contributed by atoms with Crippen molar-refractivity contribution in [2.75, 3.05) is 20.2 Å². The maximum absolute atomic E-state index is 5.82. The number of rotatable bonds is 5. The van der Waals surface area contributed by atoms with Gasteiger partial charge in [0.2, 0.25) is 0 Å². The van der Waals surface area contributed by atoms with Gasteiger partial charge in [-0.15, -0.1) is 0 Å². The average molecular weight is 255 g/mol. The molecule has 0 bridgehead atoms. The first-order valence-electron chi connectivity index (χ1n) is 6.01. The molecule has 2 rings (SSSR count). The van der Waals surface area contributed by atoms with Gasteiger partial charge in [0, 0.05) is 23.7 Å². The number of nitrogens with one attached hydrogen (secondary N) is 2. The minimum Gasteiger partial charge on any atom is -0.375 e. The average Bonchev–Trinajstić information content (AvgIpc) is 2.80. The fourth-order valence-electron chi connectivity index (χ4n) is 2.07. The molecule has 2 N–H and O–H groups in total. The number of hydrogen-bond acceptors (Lipinski definition) is 3. The Morgan fingerprint density at radius 1 is 1.41 bits per heavy atom. The number of likely N-dealkylation sites (N-methyl/N-ethyl adjacent to an activating group) is 1. The lowest BCUT2D eigenvalue weighted by Gasteiger charge is -2.11. The molecule has 3 nitrogen and oxygen atoms in total. The predicted molar refractivity (Wildman–Crippen MR) is 70.4 cm³/mol. The SMILES string of the molecule is CN[C@@H]1CN[C@H](COCc2ccc(Cl)cc2)C1. The van der Waals surface area contributed by atoms with Crippen LogP contribution < -0.4 is 10.6 Å². The molecule has 1 aromatic rings. The zero-order valence-electron chi connectivity index (χ0n) is 10.1. The summed E-state index contributed by atoms with van der Waals surface area (Å²) in [4.78, 5) is 0. The van der Waals surface area contributed by atoms with Crippen LogP contribution in [0, 0.1) is 0 Å². The first-order chi connectivity index (χ1) is 8.28. The van der Waals surface area contributed by atoms with Gasteiger partial charge in [0.05, 0.1) is 13.2 Å². The first kappa shape index (κ1) is 12.8. The normalized spacial score (nSPS) is 24.1. The molecule has 17 heavy (non-hydrogen) atoms. The summed E-state index contributed by atoms with van der Waals surface area (Å²) in [6.07, 6.45) is 1.14. The molecule has 0 unspecified atom stereocenters. The fourth-order valence-corrected chi connectivity index (χ4v) is 2.19. The van der Waals surface area contributed by atoms with Crippen molar-refractivity contribution in [3.05, 3.63) is 34.9 Å². The molecule has 1 saturated heterocycles. The summed E-state index contributed by atoms with van der Waals surface area (Å²) in [6, 6.07) is 8.84. The van der Waals surface area contributed by atoms with Crippen molar-refractivity contribution < 1.29 is 4.74 Å². The Bertz CT molecular complexity index is 342. The lowest BCUT2D eigenvalue weighted by Crippen LogP contribution is -2.27. The van der Waals surface area contributed by atoms with E-state index in [2.05, 4.69) is 10.6 Å². The van der Waals surface area contributed by atoms with Crippen molar-refractivity contribution in [2.24, 2.45) is 0 Å². The fraction of sp³-hybridized carbons (Fsp3) is 0.538. The van der Waals surface area contributed by atoms with E-state index < -0.39 is 0 Å². The van der Waals surface area contributed by atoms with Crippen LogP contribution in [0.1, 0.15) is 12.0 Å². The van der Waals surface area contributed by atoms with E-state index in [-0.39, 0.29) is 0 Å². The number of halogens is 1. The Morgan fingerprint density at radius 3 is 2.82 bits per heavy atom. The smallest absolute Gasteiger partial charge is 0.0717 e. The van der Waals surface area contributed by atoms with Gasteiger partial charge >= 0.3 is 0 Å². The molecule has 1 aliphatic rings. The second-order valence-corrected chi connectivity index (χ2v) is 4.90. The molecule has 0 spiro atoms. The number of benzene rings is 1. The lowest BCUT2D eigenvalue weighted by atomic mass is 10.2. The summed E-state index contributed by atoms with van der Waals surface area (Å²) in [5.41, 5.74) is 1.16. The Balaban J connectivity index is 1.68. The lowest BCUT2D eigenvalue weighted by molar-refractivity contribution is 0.103. The van der Waals surface area contributed by atoms with Crippen molar-refractivity contribution in [3.8, 4) is 0 Å². The molecular formula is C13H19ClN2O. The van der Waals surface area contributed by atoms with Gasteiger partial charge < -0.3 is 15.4 Å². The third-order valence-electron chi connectivity index (χ3n) is 3.13. The van der Waals surface area contributed by atoms with Crippen molar-refractivity contribution >= 4 is 11.6 Å². The Morgan fingerprint density at radius 2 is 2.18 bits per heavy atom. The Kier molecular flexibility index (Phi) is 4.80. The third kappa shape index (κ3) is 3.96. The molecule has 0 radical (unpaired) electrons. The van der Waals surface area contributed by atoms with E-state index in [4.69, 9.17) is 16.3 Å². The first-order valence-corrected chi connectivity index (χ1v) is 6.38. The molecule has 0 aliphatic carbocycles. The molecular weight excluding hydrogens is 236 g/mol. The molecule has 0 saturated carbocycles. The van der Waals surface area contributed by atoms with Crippen LogP contribution in [0.2, 0.25) is 5.02 Å². The summed E-state index contributed by atoms with van der Waals surface area (Å²) in [6.45, 7) is 2.45. The topological polar surface area (TPSA) is 33.3 Å². The standard InChI is InChI=1S/C13H19ClN2O/c1-15-12-6-13(16-7-12)9-17-8-10-2-4-11(14)5-3-10/h2-5,12-13,15-16H,6-9H2,1H3/t12-,13-/m0/s1. The maximum Gasteiger partial charge on any atom is 0.0717 e. The predicted octanol–water partition coefficient (Wildman–Crippen LogP) is 1.81. The molecule has 1 heterocycles. The zero-order valence-corrected chi connectivity index (χ0v) is 10.8. The molecule has 1 fully saturated rings. The van der Waals surface area contributed by atoms with Crippen molar-refractivity contribution in [3.63, 3.8) is 0 Å². The minimum absolute atomic E-state index is 0.472. The van der Waals surface area contributed by atoms with Gasteiger partial charge in [-0.25, -0.2) is 0 Å². The Hall–Kier alpha value is -0.610. The molecule has 94 valence electrons. The molecule has 2 atom stereocenters. The van der Waals surface area contributed by atoms with Gasteiger partial charge in [-0.2, -0.15) is 0 Å². The summed E-state index contributed by atoms with van der Waals surface area (Å²) in [5, 5.41) is 7.49. The van der Waals surface area contributed by atoms with Gasteiger partial charge in [0.1, 0.15) is 0 Å². The maximum atomic E-state index is 5.82. The van der Waals surface area contributed by atoms with Crippen LogP contribution in [0.3, 0.4) is 0 Å². The van der Waals surface area contributed by atoms with Crippen LogP contribution in [0.15, 0.2) is 24.3 Å². The van der Waals surface area contributed by atoms with Crippen LogP contribution >= 0.6 is 11.6 Å². The summed E-state index contributed by atoms with van der Waals surface area (Å²) in [7, 11) is 2.00. The largest absolute Gasteiger partial charge is 0.375 e. The highest BCUT2D eigenvalue weighted by molar-refractivity contribution is 6.30. The number of hydrogen-bond donors (Lipinski definition) is 2. The van der Waals surface area contributed by atoms with Crippen LogP contribution in [-0.2, 0) is 11.3 Å². The van der Waals surface area contributed by atoms with E-state index in [0.717, 1.165) is 30.2 Å². The van der Waals surface area contributed by atoms with E-state index in [9.17, 15) is 0 Å². The highest BCUT2D eigenvalue weighted by Crippen LogP contribution is 2.11. The third-order valence-corrected chi connectivity index (χ3v) is 3.38. The monoisotopic (exact) mass is 254 g/mol. The summed E-state index contributed by atoms with van der Waals surface area (Å²) >= 11 is 5.82. The second-order valence-electron chi connectivity index (χ2n) is 4.47. The summed E-state index contributed by atoms with van der Waals surface area (Å²) < 4.78 is 5.70. The molecule has 0 amide bonds. The second kappa shape index (κ2) is 6.36. The van der Waals surface area contributed by atoms with Crippen LogP contribution in [0.5, 0.6) is 0 Å². The van der Waals surface area contributed by atoms with E-state index in [1.54, 1.807) is 0 Å². The zero-order chi connectivity index (χ0) is 12.1. The number of ether oxygens (including phenoxy) is 1. The van der Waals surface area contributed by atoms with Crippen molar-refractivity contribution in [1.82, 2.24) is 10.6 Å². The van der Waals surface area contributed by atoms with Crippen molar-refractivity contribution in [1.29, 1.82) is 0 Å². The highest BCUT2D eigenvalue weighted by atomic mass is 35.5. The van der Waals surface area contributed by atoms with Gasteiger partial charge in [0.25, 0.3) is 0 Å². The van der Waals surface area contributed by atoms with E-state index in [0.29, 0.717) is 18.7 Å². The van der Waals surface area contributed by atoms with E-state index in [1.807, 2.05) is 31.3 Å². The molecule has 1 aromatic carbocycles. The van der Waals surface area contributed by atoms with E-state index >= 15 is 0 Å². The van der Waals surface area contributed by atoms with E-state index in [1.165, 1.54) is 0 Å². The van der Waals surface area contributed by atoms with Gasteiger partial charge in [0.15, 0.2) is 0 Å². The molecule has 0 aromatic heterocycles. The van der Waals surface area contributed by atoms with Crippen LogP contribution in [0.25, 0.3) is 0 Å². The van der Waals surface area contributed by atoms with Crippen molar-refractivity contribution in [2.45, 2.75) is 25.1 Å². The Labute approximate surface area is 107 Å². The summed E-state index contributed by atoms with van der Waals surface area (Å²) in [5.74, 6) is 0. The van der Waals surface area contributed by atoms with Crippen LogP contribution in [-0.4, -0.2) is 32.3 Å². The highest BCUT2D eigenvalue weighted by Gasteiger charge is 2.22. The van der Waals surface area contributed by atoms with Crippen LogP contribution in [0.4, 0.5) is 0 Å². The quantitative estimate of drug-likeness (QED) is 0.841.